The fourth-order valence-corrected chi connectivity index (χ4v) is 1.36. The molecule has 0 aromatic carbocycles. The maximum absolute atomic E-state index is 5.22. The van der Waals surface area contributed by atoms with Crippen LogP contribution in [0.4, 0.5) is 0 Å². The van der Waals surface area contributed by atoms with Crippen LogP contribution >= 0.6 is 11.3 Å². The third-order valence-corrected chi connectivity index (χ3v) is 2.27. The van der Waals surface area contributed by atoms with Gasteiger partial charge in [0.1, 0.15) is 0 Å². The van der Waals surface area contributed by atoms with Crippen LogP contribution in [0.5, 0.6) is 0 Å². The molecule has 9 heavy (non-hydrogen) atoms. The molecule has 1 heterocycles. The van der Waals surface area contributed by atoms with Gasteiger partial charge >= 0.3 is 0 Å². The van der Waals surface area contributed by atoms with Crippen molar-refractivity contribution in [1.29, 1.82) is 0 Å². The fraction of sp³-hybridized carbons (Fsp3) is 0.333. The molecule has 0 saturated heterocycles. The summed E-state index contributed by atoms with van der Waals surface area (Å²) in [6.07, 6.45) is 0. The zero-order valence-electron chi connectivity index (χ0n) is 5.29. The molecule has 1 aromatic heterocycles. The van der Waals surface area contributed by atoms with Crippen molar-refractivity contribution in [2.75, 3.05) is 0 Å². The smallest absolute Gasteiger partial charge is 0.0525 e. The summed E-state index contributed by atoms with van der Waals surface area (Å²) in [5.41, 5.74) is 2.68. The van der Waals surface area contributed by atoms with E-state index in [4.69, 9.17) is 5.84 Å². The predicted molar refractivity (Wildman–Crippen MR) is 40.1 cm³/mol. The number of hydrogen-bond donors (Lipinski definition) is 2. The predicted octanol–water partition coefficient (Wildman–Crippen LogP) is 1.27. The van der Waals surface area contributed by atoms with Gasteiger partial charge in [-0.1, -0.05) is 6.07 Å². The third kappa shape index (κ3) is 1.51. The van der Waals surface area contributed by atoms with Gasteiger partial charge in [0.15, 0.2) is 0 Å². The summed E-state index contributed by atoms with van der Waals surface area (Å²) in [5, 5.41) is 2.04. The Kier molecular flexibility index (Phi) is 2.22. The van der Waals surface area contributed by atoms with E-state index in [0.717, 1.165) is 0 Å². The largest absolute Gasteiger partial charge is 0.271 e. The second kappa shape index (κ2) is 2.96. The van der Waals surface area contributed by atoms with Crippen LogP contribution in [0.15, 0.2) is 17.5 Å². The first-order valence-corrected chi connectivity index (χ1v) is 3.72. The monoisotopic (exact) mass is 142 g/mol. The van der Waals surface area contributed by atoms with E-state index >= 15 is 0 Å². The van der Waals surface area contributed by atoms with Gasteiger partial charge in [-0.25, -0.2) is 0 Å². The molecule has 50 valence electrons. The molecule has 1 atom stereocenters. The average Bonchev–Trinajstić information content (AvgIpc) is 2.37. The fourth-order valence-electron chi connectivity index (χ4n) is 0.620. The number of hydrogen-bond acceptors (Lipinski definition) is 3. The van der Waals surface area contributed by atoms with Crippen LogP contribution in [0.25, 0.3) is 0 Å². The lowest BCUT2D eigenvalue weighted by Crippen LogP contribution is -2.24. The first kappa shape index (κ1) is 6.74. The highest BCUT2D eigenvalue weighted by Crippen LogP contribution is 2.16. The minimum atomic E-state index is 0.282. The summed E-state index contributed by atoms with van der Waals surface area (Å²) >= 11 is 1.71. The van der Waals surface area contributed by atoms with Gasteiger partial charge in [0.05, 0.1) is 6.04 Å². The van der Waals surface area contributed by atoms with Crippen LogP contribution in [-0.4, -0.2) is 0 Å². The summed E-state index contributed by atoms with van der Waals surface area (Å²) in [7, 11) is 0. The molecule has 3 N–H and O–H groups in total. The minimum absolute atomic E-state index is 0.282. The van der Waals surface area contributed by atoms with Gasteiger partial charge < -0.3 is 0 Å². The highest BCUT2D eigenvalue weighted by atomic mass is 32.1. The molecule has 0 bridgehead atoms. The van der Waals surface area contributed by atoms with Gasteiger partial charge in [-0.05, 0) is 18.4 Å². The Morgan fingerprint density at radius 2 is 2.56 bits per heavy atom. The molecule has 3 heteroatoms. The summed E-state index contributed by atoms with van der Waals surface area (Å²) in [4.78, 5) is 1.28. The minimum Gasteiger partial charge on any atom is -0.271 e. The van der Waals surface area contributed by atoms with Crippen LogP contribution in [0.3, 0.4) is 0 Å². The molecule has 1 aromatic rings. The molecule has 0 aliphatic heterocycles. The standard InChI is InChI=1S/C6H10N2S/c1-5(8-7)6-3-2-4-9-6/h2-5,8H,7H2,1H3/t5-/m1/s1. The second-order valence-electron chi connectivity index (χ2n) is 1.90. The average molecular weight is 142 g/mol. The Morgan fingerprint density at radius 1 is 1.78 bits per heavy atom. The first-order valence-electron chi connectivity index (χ1n) is 2.84. The molecule has 0 aliphatic carbocycles. The van der Waals surface area contributed by atoms with Gasteiger partial charge in [-0.2, -0.15) is 0 Å². The molecule has 0 aliphatic rings. The maximum Gasteiger partial charge on any atom is 0.0525 e. The maximum atomic E-state index is 5.22. The Morgan fingerprint density at radius 3 is 3.00 bits per heavy atom. The highest BCUT2D eigenvalue weighted by Gasteiger charge is 2.00. The number of thiophene rings is 1. The number of rotatable bonds is 2. The molecule has 0 saturated carbocycles. The Bertz CT molecular complexity index is 160. The van der Waals surface area contributed by atoms with Crippen molar-refractivity contribution in [2.24, 2.45) is 5.84 Å². The van der Waals surface area contributed by atoms with Gasteiger partial charge in [0.2, 0.25) is 0 Å². The molecule has 0 spiro atoms. The van der Waals surface area contributed by atoms with E-state index in [-0.39, 0.29) is 6.04 Å². The second-order valence-corrected chi connectivity index (χ2v) is 2.88. The number of nitrogens with one attached hydrogen (secondary N) is 1. The number of nitrogens with two attached hydrogens (primary N) is 1. The van der Waals surface area contributed by atoms with Crippen LogP contribution in [0.2, 0.25) is 0 Å². The van der Waals surface area contributed by atoms with Crippen molar-refractivity contribution in [3.63, 3.8) is 0 Å². The summed E-state index contributed by atoms with van der Waals surface area (Å²) < 4.78 is 0. The molecule has 2 nitrogen and oxygen atoms in total. The van der Waals surface area contributed by atoms with Crippen LogP contribution in [0, 0.1) is 0 Å². The quantitative estimate of drug-likeness (QED) is 0.482. The molecule has 0 radical (unpaired) electrons. The third-order valence-electron chi connectivity index (χ3n) is 1.22. The SMILES string of the molecule is C[C@@H](NN)c1cccs1. The van der Waals surface area contributed by atoms with E-state index in [9.17, 15) is 0 Å². The Balaban J connectivity index is 2.65. The van der Waals surface area contributed by atoms with E-state index in [1.807, 2.05) is 18.4 Å². The van der Waals surface area contributed by atoms with Gasteiger partial charge in [0, 0.05) is 4.88 Å². The molecular weight excluding hydrogens is 132 g/mol. The van der Waals surface area contributed by atoms with Crippen molar-refractivity contribution in [2.45, 2.75) is 13.0 Å². The summed E-state index contributed by atoms with van der Waals surface area (Å²) in [6.45, 7) is 2.03. The van der Waals surface area contributed by atoms with Crippen molar-refractivity contribution >= 4 is 11.3 Å². The lowest BCUT2D eigenvalue weighted by atomic mass is 10.3. The normalized spacial score (nSPS) is 13.6. The first-order chi connectivity index (χ1) is 4.34. The zero-order chi connectivity index (χ0) is 6.69. The van der Waals surface area contributed by atoms with Gasteiger partial charge in [-0.3, -0.25) is 11.3 Å². The van der Waals surface area contributed by atoms with E-state index in [1.54, 1.807) is 11.3 Å². The molecular formula is C6H10N2S. The molecule has 0 unspecified atom stereocenters. The summed E-state index contributed by atoms with van der Waals surface area (Å²) in [5.74, 6) is 5.22. The molecule has 0 amide bonds. The van der Waals surface area contributed by atoms with Gasteiger partial charge in [-0.15, -0.1) is 11.3 Å². The van der Waals surface area contributed by atoms with Crippen LogP contribution in [-0.2, 0) is 0 Å². The topological polar surface area (TPSA) is 38.0 Å². The van der Waals surface area contributed by atoms with Crippen LogP contribution < -0.4 is 11.3 Å². The van der Waals surface area contributed by atoms with E-state index < -0.39 is 0 Å². The van der Waals surface area contributed by atoms with Crippen molar-refractivity contribution < 1.29 is 0 Å². The van der Waals surface area contributed by atoms with E-state index in [1.165, 1.54) is 4.88 Å². The summed E-state index contributed by atoms with van der Waals surface area (Å²) in [6, 6.07) is 4.37. The number of hydrazine groups is 1. The van der Waals surface area contributed by atoms with Crippen molar-refractivity contribution in [1.82, 2.24) is 5.43 Å². The van der Waals surface area contributed by atoms with Gasteiger partial charge in [0.25, 0.3) is 0 Å². The van der Waals surface area contributed by atoms with Crippen LogP contribution in [0.1, 0.15) is 17.8 Å². The lowest BCUT2D eigenvalue weighted by Gasteiger charge is -2.04. The Labute approximate surface area is 58.7 Å². The van der Waals surface area contributed by atoms with E-state index in [2.05, 4.69) is 11.5 Å². The lowest BCUT2D eigenvalue weighted by molar-refractivity contribution is 0.612. The van der Waals surface area contributed by atoms with Crippen molar-refractivity contribution in [3.05, 3.63) is 22.4 Å². The van der Waals surface area contributed by atoms with Crippen molar-refractivity contribution in [3.8, 4) is 0 Å². The highest BCUT2D eigenvalue weighted by molar-refractivity contribution is 7.10. The molecule has 1 rings (SSSR count). The molecule has 0 fully saturated rings. The zero-order valence-corrected chi connectivity index (χ0v) is 6.11. The Hall–Kier alpha value is -0.380. The van der Waals surface area contributed by atoms with E-state index in [0.29, 0.717) is 0 Å².